The summed E-state index contributed by atoms with van der Waals surface area (Å²) in [6, 6.07) is 3.97. The average Bonchev–Trinajstić information content (AvgIpc) is 2.54. The first-order valence-electron chi connectivity index (χ1n) is 5.01. The largest absolute Gasteiger partial charge is 0.478 e. The van der Waals surface area contributed by atoms with Crippen LogP contribution >= 0.6 is 11.6 Å². The third-order valence-electron chi connectivity index (χ3n) is 2.54. The number of carbonyl (C=O) groups is 3. The van der Waals surface area contributed by atoms with Crippen LogP contribution in [0.1, 0.15) is 17.3 Å². The van der Waals surface area contributed by atoms with Crippen LogP contribution in [0.15, 0.2) is 29.8 Å². The van der Waals surface area contributed by atoms with Crippen molar-refractivity contribution in [3.63, 3.8) is 0 Å². The van der Waals surface area contributed by atoms with Crippen LogP contribution in [-0.2, 0) is 9.59 Å². The third kappa shape index (κ3) is 1.89. The Morgan fingerprint density at radius 3 is 2.50 bits per heavy atom. The molecule has 1 N–H and O–H groups in total. The molecule has 0 saturated heterocycles. The molecule has 1 aromatic carbocycles. The molecular weight excluding hydrogens is 258 g/mol. The Hall–Kier alpha value is -2.14. The van der Waals surface area contributed by atoms with Gasteiger partial charge >= 0.3 is 5.97 Å². The summed E-state index contributed by atoms with van der Waals surface area (Å²) in [6.45, 7) is 1.52. The number of anilines is 1. The van der Waals surface area contributed by atoms with Crippen molar-refractivity contribution in [2.24, 2.45) is 0 Å². The second kappa shape index (κ2) is 4.27. The number of hydrogen-bond donors (Lipinski definition) is 1. The highest BCUT2D eigenvalue weighted by atomic mass is 35.5. The van der Waals surface area contributed by atoms with Crippen molar-refractivity contribution in [3.05, 3.63) is 40.4 Å². The summed E-state index contributed by atoms with van der Waals surface area (Å²) in [5.41, 5.74) is 0.353. The molecule has 18 heavy (non-hydrogen) atoms. The van der Waals surface area contributed by atoms with Crippen molar-refractivity contribution < 1.29 is 19.5 Å². The number of carboxylic acids is 1. The van der Waals surface area contributed by atoms with Gasteiger partial charge in [-0.2, -0.15) is 0 Å². The van der Waals surface area contributed by atoms with Gasteiger partial charge in [0.25, 0.3) is 11.8 Å². The summed E-state index contributed by atoms with van der Waals surface area (Å²) in [4.78, 5) is 35.2. The van der Waals surface area contributed by atoms with Crippen LogP contribution in [0.3, 0.4) is 0 Å². The number of carbonyl (C=O) groups excluding carboxylic acids is 2. The van der Waals surface area contributed by atoms with Gasteiger partial charge in [-0.3, -0.25) is 9.59 Å². The molecule has 0 fully saturated rings. The van der Waals surface area contributed by atoms with Gasteiger partial charge in [0.05, 0.1) is 16.3 Å². The second-order valence-corrected chi connectivity index (χ2v) is 4.18. The molecule has 1 aromatic rings. The van der Waals surface area contributed by atoms with E-state index in [0.717, 1.165) is 4.90 Å². The molecule has 0 saturated carbocycles. The van der Waals surface area contributed by atoms with Crippen LogP contribution in [0.4, 0.5) is 5.69 Å². The Morgan fingerprint density at radius 2 is 2.00 bits per heavy atom. The van der Waals surface area contributed by atoms with E-state index in [2.05, 4.69) is 0 Å². The molecule has 1 heterocycles. The number of aromatic carboxylic acids is 1. The van der Waals surface area contributed by atoms with E-state index in [1.807, 2.05) is 0 Å². The molecule has 2 rings (SSSR count). The number of imide groups is 1. The molecule has 0 radical (unpaired) electrons. The number of benzene rings is 1. The highest BCUT2D eigenvalue weighted by molar-refractivity contribution is 6.34. The van der Waals surface area contributed by atoms with Gasteiger partial charge in [-0.1, -0.05) is 11.6 Å². The predicted molar refractivity (Wildman–Crippen MR) is 64.7 cm³/mol. The van der Waals surface area contributed by atoms with E-state index in [1.165, 1.54) is 31.2 Å². The van der Waals surface area contributed by atoms with Crippen LogP contribution in [0, 0.1) is 0 Å². The first-order valence-corrected chi connectivity index (χ1v) is 5.39. The number of carboxylic acid groups (broad SMARTS) is 1. The van der Waals surface area contributed by atoms with Crippen LogP contribution in [0.2, 0.25) is 5.02 Å². The number of nitrogens with zero attached hydrogens (tertiary/aromatic N) is 1. The lowest BCUT2D eigenvalue weighted by Crippen LogP contribution is -2.30. The van der Waals surface area contributed by atoms with E-state index >= 15 is 0 Å². The van der Waals surface area contributed by atoms with E-state index in [9.17, 15) is 14.4 Å². The molecule has 0 unspecified atom stereocenters. The van der Waals surface area contributed by atoms with Crippen LogP contribution < -0.4 is 4.90 Å². The summed E-state index contributed by atoms with van der Waals surface area (Å²) in [7, 11) is 0. The van der Waals surface area contributed by atoms with E-state index in [1.54, 1.807) is 0 Å². The normalized spacial score (nSPS) is 15.0. The van der Waals surface area contributed by atoms with Crippen molar-refractivity contribution in [2.75, 3.05) is 4.90 Å². The van der Waals surface area contributed by atoms with Gasteiger partial charge in [0, 0.05) is 11.6 Å². The molecule has 92 valence electrons. The Kier molecular flexibility index (Phi) is 2.92. The molecule has 0 aromatic heterocycles. The zero-order chi connectivity index (χ0) is 13.4. The molecular formula is C12H8ClNO4. The molecule has 1 aliphatic rings. The van der Waals surface area contributed by atoms with Crippen LogP contribution in [0.5, 0.6) is 0 Å². The quantitative estimate of drug-likeness (QED) is 0.828. The molecule has 6 heteroatoms. The molecule has 0 atom stereocenters. The van der Waals surface area contributed by atoms with E-state index in [4.69, 9.17) is 16.7 Å². The Labute approximate surface area is 107 Å². The van der Waals surface area contributed by atoms with E-state index in [0.29, 0.717) is 5.57 Å². The number of amides is 2. The fourth-order valence-corrected chi connectivity index (χ4v) is 1.85. The van der Waals surface area contributed by atoms with Crippen molar-refractivity contribution in [3.8, 4) is 0 Å². The minimum absolute atomic E-state index is 0.0510. The highest BCUT2D eigenvalue weighted by Gasteiger charge is 2.30. The van der Waals surface area contributed by atoms with Gasteiger partial charge in [-0.05, 0) is 25.1 Å². The Morgan fingerprint density at radius 1 is 1.33 bits per heavy atom. The zero-order valence-electron chi connectivity index (χ0n) is 9.31. The standard InChI is InChI=1S/C12H8ClNO4/c1-6-4-10(15)14(11(6)16)7-2-3-9(13)8(5-7)12(17)18/h2-5H,1H3,(H,17,18). The molecule has 5 nitrogen and oxygen atoms in total. The summed E-state index contributed by atoms with van der Waals surface area (Å²) in [6.07, 6.45) is 1.21. The van der Waals surface area contributed by atoms with Gasteiger partial charge in [0.15, 0.2) is 0 Å². The predicted octanol–water partition coefficient (Wildman–Crippen LogP) is 1.86. The van der Waals surface area contributed by atoms with Gasteiger partial charge in [-0.25, -0.2) is 9.69 Å². The van der Waals surface area contributed by atoms with Gasteiger partial charge in [-0.15, -0.1) is 0 Å². The summed E-state index contributed by atoms with van der Waals surface area (Å²) >= 11 is 5.72. The second-order valence-electron chi connectivity index (χ2n) is 3.78. The maximum absolute atomic E-state index is 11.7. The van der Waals surface area contributed by atoms with Crippen LogP contribution in [0.25, 0.3) is 0 Å². The first kappa shape index (κ1) is 12.3. The monoisotopic (exact) mass is 265 g/mol. The number of hydrogen-bond acceptors (Lipinski definition) is 3. The van der Waals surface area contributed by atoms with Crippen molar-refractivity contribution in [2.45, 2.75) is 6.92 Å². The Bertz CT molecular complexity index is 606. The number of rotatable bonds is 2. The fraction of sp³-hybridized carbons (Fsp3) is 0.0833. The van der Waals surface area contributed by atoms with Crippen LogP contribution in [-0.4, -0.2) is 22.9 Å². The minimum atomic E-state index is -1.22. The van der Waals surface area contributed by atoms with Crippen molar-refractivity contribution in [1.29, 1.82) is 0 Å². The van der Waals surface area contributed by atoms with E-state index in [-0.39, 0.29) is 16.3 Å². The third-order valence-corrected chi connectivity index (χ3v) is 2.87. The lowest BCUT2D eigenvalue weighted by atomic mass is 10.2. The first-order chi connectivity index (χ1) is 8.41. The fourth-order valence-electron chi connectivity index (χ4n) is 1.65. The average molecular weight is 266 g/mol. The van der Waals surface area contributed by atoms with Gasteiger partial charge < -0.3 is 5.11 Å². The SMILES string of the molecule is CC1=CC(=O)N(c2ccc(Cl)c(C(=O)O)c2)C1=O. The van der Waals surface area contributed by atoms with Gasteiger partial charge in [0.2, 0.25) is 0 Å². The van der Waals surface area contributed by atoms with Gasteiger partial charge in [0.1, 0.15) is 0 Å². The maximum atomic E-state index is 11.7. The molecule has 0 spiro atoms. The summed E-state index contributed by atoms with van der Waals surface area (Å²) < 4.78 is 0. The molecule has 0 bridgehead atoms. The van der Waals surface area contributed by atoms with Crippen molar-refractivity contribution >= 4 is 35.1 Å². The number of halogens is 1. The lowest BCUT2D eigenvalue weighted by Gasteiger charge is -2.15. The highest BCUT2D eigenvalue weighted by Crippen LogP contribution is 2.27. The Balaban J connectivity index is 2.48. The zero-order valence-corrected chi connectivity index (χ0v) is 10.1. The topological polar surface area (TPSA) is 74.7 Å². The molecule has 0 aliphatic carbocycles. The van der Waals surface area contributed by atoms with E-state index < -0.39 is 17.8 Å². The maximum Gasteiger partial charge on any atom is 0.337 e. The minimum Gasteiger partial charge on any atom is -0.478 e. The summed E-state index contributed by atoms with van der Waals surface area (Å²) in [5.74, 6) is -2.17. The smallest absolute Gasteiger partial charge is 0.337 e. The molecule has 1 aliphatic heterocycles. The van der Waals surface area contributed by atoms with Crippen molar-refractivity contribution in [1.82, 2.24) is 0 Å². The lowest BCUT2D eigenvalue weighted by molar-refractivity contribution is -0.120. The summed E-state index contributed by atoms with van der Waals surface area (Å²) in [5, 5.41) is 8.98. The molecule has 2 amide bonds.